The summed E-state index contributed by atoms with van der Waals surface area (Å²) in [5.41, 5.74) is 0.856. The van der Waals surface area contributed by atoms with Crippen molar-refractivity contribution in [2.75, 3.05) is 33.7 Å². The number of hydrogen-bond donors (Lipinski definition) is 2. The summed E-state index contributed by atoms with van der Waals surface area (Å²) < 4.78 is 63.9. The molecule has 0 radical (unpaired) electrons. The Morgan fingerprint density at radius 1 is 1.30 bits per heavy atom. The molecule has 1 atom stereocenters. The fourth-order valence-corrected chi connectivity index (χ4v) is 4.51. The van der Waals surface area contributed by atoms with Crippen LogP contribution in [0.5, 0.6) is 0 Å². The normalized spacial score (nSPS) is 19.0. The molecule has 1 aromatic carbocycles. The number of halogens is 3. The molecule has 0 spiro atoms. The lowest BCUT2D eigenvalue weighted by Crippen LogP contribution is -2.44. The van der Waals surface area contributed by atoms with Crippen molar-refractivity contribution in [2.24, 2.45) is 4.99 Å². The monoisotopic (exact) mass is 449 g/mol. The Bertz CT molecular complexity index is 826. The first-order chi connectivity index (χ1) is 13.9. The first-order valence-corrected chi connectivity index (χ1v) is 11.2. The summed E-state index contributed by atoms with van der Waals surface area (Å²) in [5, 5.41) is 6.26. The van der Waals surface area contributed by atoms with Crippen LogP contribution >= 0.6 is 0 Å². The van der Waals surface area contributed by atoms with Crippen LogP contribution in [0.1, 0.15) is 25.8 Å². The molecule has 7 nitrogen and oxygen atoms in total. The quantitative estimate of drug-likeness (QED) is 0.492. The number of nitrogens with zero attached hydrogens (tertiary/aromatic N) is 3. The molecule has 0 amide bonds. The Morgan fingerprint density at radius 2 is 1.93 bits per heavy atom. The van der Waals surface area contributed by atoms with Gasteiger partial charge in [0.05, 0.1) is 11.4 Å². The molecular weight excluding hydrogens is 419 g/mol. The number of benzene rings is 1. The maximum Gasteiger partial charge on any atom is 0.401 e. The van der Waals surface area contributed by atoms with Gasteiger partial charge in [-0.3, -0.25) is 9.89 Å². The van der Waals surface area contributed by atoms with Crippen molar-refractivity contribution in [2.45, 2.75) is 50.0 Å². The zero-order chi connectivity index (χ0) is 22.5. The van der Waals surface area contributed by atoms with E-state index < -0.39 is 22.7 Å². The average Bonchev–Trinajstić information content (AvgIpc) is 3.09. The molecule has 30 heavy (non-hydrogen) atoms. The highest BCUT2D eigenvalue weighted by atomic mass is 32.2. The van der Waals surface area contributed by atoms with Gasteiger partial charge < -0.3 is 10.6 Å². The van der Waals surface area contributed by atoms with Crippen molar-refractivity contribution in [1.29, 1.82) is 0 Å². The van der Waals surface area contributed by atoms with Gasteiger partial charge in [0.1, 0.15) is 0 Å². The zero-order valence-electron chi connectivity index (χ0n) is 17.7. The van der Waals surface area contributed by atoms with E-state index in [4.69, 9.17) is 0 Å². The van der Waals surface area contributed by atoms with E-state index in [2.05, 4.69) is 15.6 Å². The van der Waals surface area contributed by atoms with Crippen LogP contribution in [-0.4, -0.2) is 75.6 Å². The van der Waals surface area contributed by atoms with E-state index >= 15 is 0 Å². The predicted octanol–water partition coefficient (Wildman–Crippen LogP) is 2.02. The highest BCUT2D eigenvalue weighted by Crippen LogP contribution is 2.20. The van der Waals surface area contributed by atoms with Crippen molar-refractivity contribution in [3.8, 4) is 0 Å². The fraction of sp³-hybridized carbons (Fsp3) is 0.632. The first kappa shape index (κ1) is 24.4. The van der Waals surface area contributed by atoms with Gasteiger partial charge in [0.15, 0.2) is 5.96 Å². The van der Waals surface area contributed by atoms with Crippen molar-refractivity contribution < 1.29 is 21.6 Å². The summed E-state index contributed by atoms with van der Waals surface area (Å²) in [6, 6.07) is 6.32. The number of alkyl halides is 3. The van der Waals surface area contributed by atoms with Crippen LogP contribution in [0.25, 0.3) is 0 Å². The Kier molecular flexibility index (Phi) is 8.12. The van der Waals surface area contributed by atoms with Gasteiger partial charge in [0, 0.05) is 45.8 Å². The highest BCUT2D eigenvalue weighted by molar-refractivity contribution is 7.89. The number of rotatable bonds is 7. The zero-order valence-corrected chi connectivity index (χ0v) is 18.5. The van der Waals surface area contributed by atoms with E-state index in [0.29, 0.717) is 32.0 Å². The standard InChI is InChI=1S/C19H30F3N5O2S/c1-14(2)26(4)30(28,29)17-7-5-15(6-8-17)11-24-18(23-3)25-16-9-10-27(12-16)13-19(20,21)22/h5-8,14,16H,9-13H2,1-4H3,(H2,23,24,25). The molecule has 1 aliphatic heterocycles. The molecule has 0 aromatic heterocycles. The lowest BCUT2D eigenvalue weighted by atomic mass is 10.2. The van der Waals surface area contributed by atoms with Gasteiger partial charge in [-0.15, -0.1) is 0 Å². The maximum absolute atomic E-state index is 12.5. The molecule has 1 aromatic rings. The van der Waals surface area contributed by atoms with E-state index in [1.54, 1.807) is 52.2 Å². The van der Waals surface area contributed by atoms with E-state index in [1.165, 1.54) is 9.21 Å². The lowest BCUT2D eigenvalue weighted by molar-refractivity contribution is -0.143. The van der Waals surface area contributed by atoms with Gasteiger partial charge >= 0.3 is 6.18 Å². The maximum atomic E-state index is 12.5. The van der Waals surface area contributed by atoms with E-state index in [1.807, 2.05) is 0 Å². The third kappa shape index (κ3) is 6.85. The fourth-order valence-electron chi connectivity index (χ4n) is 3.14. The molecule has 1 heterocycles. The molecule has 1 saturated heterocycles. The van der Waals surface area contributed by atoms with Gasteiger partial charge in [0.25, 0.3) is 0 Å². The summed E-state index contributed by atoms with van der Waals surface area (Å²) in [4.78, 5) is 5.71. The molecule has 1 fully saturated rings. The van der Waals surface area contributed by atoms with Crippen LogP contribution in [0.2, 0.25) is 0 Å². The second-order valence-corrected chi connectivity index (χ2v) is 9.66. The molecule has 1 unspecified atom stereocenters. The summed E-state index contributed by atoms with van der Waals surface area (Å²) in [5.74, 6) is 0.491. The Balaban J connectivity index is 1.89. The third-order valence-corrected chi connectivity index (χ3v) is 7.08. The molecule has 0 aliphatic carbocycles. The number of sulfonamides is 1. The largest absolute Gasteiger partial charge is 0.401 e. The minimum atomic E-state index is -4.20. The van der Waals surface area contributed by atoms with Gasteiger partial charge in [-0.2, -0.15) is 17.5 Å². The minimum absolute atomic E-state index is 0.113. The highest BCUT2D eigenvalue weighted by Gasteiger charge is 2.34. The van der Waals surface area contributed by atoms with Crippen LogP contribution in [0.15, 0.2) is 34.2 Å². The molecular formula is C19H30F3N5O2S. The minimum Gasteiger partial charge on any atom is -0.352 e. The number of guanidine groups is 1. The number of nitrogens with one attached hydrogen (secondary N) is 2. The second kappa shape index (κ2) is 9.97. The van der Waals surface area contributed by atoms with E-state index in [9.17, 15) is 21.6 Å². The Hall–Kier alpha value is -1.85. The van der Waals surface area contributed by atoms with Gasteiger partial charge in [-0.05, 0) is 38.0 Å². The molecule has 11 heteroatoms. The van der Waals surface area contributed by atoms with Crippen LogP contribution in [0.4, 0.5) is 13.2 Å². The van der Waals surface area contributed by atoms with Crippen molar-refractivity contribution in [1.82, 2.24) is 19.8 Å². The Labute approximate surface area is 176 Å². The van der Waals surface area contributed by atoms with Crippen molar-refractivity contribution in [3.05, 3.63) is 29.8 Å². The van der Waals surface area contributed by atoms with Gasteiger partial charge in [0.2, 0.25) is 10.0 Å². The topological polar surface area (TPSA) is 77.0 Å². The van der Waals surface area contributed by atoms with Gasteiger partial charge in [-0.25, -0.2) is 8.42 Å². The number of likely N-dealkylation sites (tertiary alicyclic amines) is 1. The second-order valence-electron chi connectivity index (χ2n) is 7.66. The number of aliphatic imine (C=N–C) groups is 1. The first-order valence-electron chi connectivity index (χ1n) is 9.75. The smallest absolute Gasteiger partial charge is 0.352 e. The lowest BCUT2D eigenvalue weighted by Gasteiger charge is -2.21. The molecule has 0 saturated carbocycles. The van der Waals surface area contributed by atoms with E-state index in [-0.39, 0.29) is 17.0 Å². The van der Waals surface area contributed by atoms with Crippen molar-refractivity contribution >= 4 is 16.0 Å². The summed E-state index contributed by atoms with van der Waals surface area (Å²) >= 11 is 0. The van der Waals surface area contributed by atoms with Crippen LogP contribution in [0.3, 0.4) is 0 Å². The summed E-state index contributed by atoms with van der Waals surface area (Å²) in [7, 11) is -0.395. The third-order valence-electron chi connectivity index (χ3n) is 5.03. The molecule has 170 valence electrons. The van der Waals surface area contributed by atoms with Crippen molar-refractivity contribution in [3.63, 3.8) is 0 Å². The summed E-state index contributed by atoms with van der Waals surface area (Å²) in [6.45, 7) is 3.80. The predicted molar refractivity (Wildman–Crippen MR) is 111 cm³/mol. The van der Waals surface area contributed by atoms with Crippen LogP contribution < -0.4 is 10.6 Å². The number of hydrogen-bond acceptors (Lipinski definition) is 4. The Morgan fingerprint density at radius 3 is 2.47 bits per heavy atom. The summed E-state index contributed by atoms with van der Waals surface area (Å²) in [6.07, 6.45) is -3.59. The van der Waals surface area contributed by atoms with Gasteiger partial charge in [-0.1, -0.05) is 12.1 Å². The van der Waals surface area contributed by atoms with E-state index in [0.717, 1.165) is 5.56 Å². The SMILES string of the molecule is CN=C(NCc1ccc(S(=O)(=O)N(C)C(C)C)cc1)NC1CCN(CC(F)(F)F)C1. The molecule has 2 N–H and O–H groups in total. The molecule has 0 bridgehead atoms. The molecule has 1 aliphatic rings. The average molecular weight is 450 g/mol. The van der Waals surface area contributed by atoms with Crippen LogP contribution in [-0.2, 0) is 16.6 Å². The molecule has 2 rings (SSSR count). The van der Waals surface area contributed by atoms with Crippen LogP contribution in [0, 0.1) is 0 Å².